The molecule has 3 heterocycles. The Hall–Kier alpha value is -2.86. The van der Waals surface area contributed by atoms with E-state index < -0.39 is 0 Å². The van der Waals surface area contributed by atoms with Crippen molar-refractivity contribution in [3.63, 3.8) is 0 Å². The topological polar surface area (TPSA) is 68.4 Å². The standard InChI is InChI=1S/C30H40N4O2/c1-4-34(23-18-30(19-23)13-15-33(3)16-14-30)27-12-8-11-25-24(27)10-7-5-6-9-22-17-21(2)32-29(36)26(22)20-31-28(25)35/h5,7-8,11-12,17,23H,4,6,9-10,13-16,18-20H2,1-3H3,(H,31,35)(H,32,36)/b7-5-. The molecule has 1 aromatic heterocycles. The fraction of sp³-hybridized carbons (Fsp3) is 0.533. The minimum atomic E-state index is -0.108. The lowest BCUT2D eigenvalue weighted by atomic mass is 9.60. The first-order chi connectivity index (χ1) is 17.4. The van der Waals surface area contributed by atoms with Gasteiger partial charge in [0.05, 0.1) is 0 Å². The average molecular weight is 489 g/mol. The van der Waals surface area contributed by atoms with Gasteiger partial charge in [0.2, 0.25) is 0 Å². The quantitative estimate of drug-likeness (QED) is 0.630. The summed E-state index contributed by atoms with van der Waals surface area (Å²) in [6, 6.07) is 8.70. The van der Waals surface area contributed by atoms with Gasteiger partial charge in [-0.25, -0.2) is 0 Å². The largest absolute Gasteiger partial charge is 0.369 e. The number of carbonyl (C=O) groups excluding carboxylic acids is 1. The maximum Gasteiger partial charge on any atom is 0.253 e. The van der Waals surface area contributed by atoms with Crippen LogP contribution < -0.4 is 15.8 Å². The highest BCUT2D eigenvalue weighted by molar-refractivity contribution is 5.97. The third kappa shape index (κ3) is 4.88. The molecular formula is C30H40N4O2. The van der Waals surface area contributed by atoms with Crippen molar-refractivity contribution in [2.75, 3.05) is 31.6 Å². The van der Waals surface area contributed by atoms with Crippen LogP contribution in [-0.2, 0) is 19.4 Å². The molecule has 0 unspecified atom stereocenters. The van der Waals surface area contributed by atoms with E-state index in [0.29, 0.717) is 17.0 Å². The number of allylic oxidation sites excluding steroid dienone is 2. The molecule has 0 bridgehead atoms. The van der Waals surface area contributed by atoms with Crippen LogP contribution >= 0.6 is 0 Å². The molecule has 6 heteroatoms. The molecule has 6 nitrogen and oxygen atoms in total. The van der Waals surface area contributed by atoms with E-state index in [1.807, 2.05) is 25.1 Å². The third-order valence-corrected chi connectivity index (χ3v) is 8.73. The molecule has 3 aliphatic rings. The average Bonchev–Trinajstić information content (AvgIpc) is 2.83. The first-order valence-corrected chi connectivity index (χ1v) is 13.6. The first-order valence-electron chi connectivity index (χ1n) is 13.6. The van der Waals surface area contributed by atoms with Crippen molar-refractivity contribution in [1.29, 1.82) is 0 Å². The predicted octanol–water partition coefficient (Wildman–Crippen LogP) is 4.36. The normalized spacial score (nSPS) is 21.4. The zero-order valence-electron chi connectivity index (χ0n) is 22.0. The van der Waals surface area contributed by atoms with Crippen LogP contribution in [0.15, 0.2) is 41.2 Å². The van der Waals surface area contributed by atoms with Crippen LogP contribution in [-0.4, -0.2) is 48.5 Å². The lowest BCUT2D eigenvalue weighted by Crippen LogP contribution is -2.55. The zero-order chi connectivity index (χ0) is 25.3. The Balaban J connectivity index is 1.42. The molecule has 1 spiro atoms. The number of anilines is 1. The van der Waals surface area contributed by atoms with Crippen molar-refractivity contribution in [1.82, 2.24) is 15.2 Å². The van der Waals surface area contributed by atoms with Gasteiger partial charge in [0.25, 0.3) is 11.5 Å². The molecule has 0 radical (unpaired) electrons. The number of aromatic amines is 1. The molecule has 1 amide bonds. The summed E-state index contributed by atoms with van der Waals surface area (Å²) in [6.45, 7) is 7.72. The van der Waals surface area contributed by atoms with Crippen LogP contribution in [0.3, 0.4) is 0 Å². The van der Waals surface area contributed by atoms with Gasteiger partial charge in [0, 0.05) is 41.6 Å². The number of benzene rings is 1. The highest BCUT2D eigenvalue weighted by Gasteiger charge is 2.47. The van der Waals surface area contributed by atoms with Crippen LogP contribution in [0.4, 0.5) is 5.69 Å². The fourth-order valence-corrected chi connectivity index (χ4v) is 6.58. The van der Waals surface area contributed by atoms with Gasteiger partial charge >= 0.3 is 0 Å². The summed E-state index contributed by atoms with van der Waals surface area (Å²) < 4.78 is 0. The summed E-state index contributed by atoms with van der Waals surface area (Å²) >= 11 is 0. The van der Waals surface area contributed by atoms with E-state index >= 15 is 0 Å². The zero-order valence-corrected chi connectivity index (χ0v) is 22.0. The maximum atomic E-state index is 13.4. The number of nitrogens with zero attached hydrogens (tertiary/aromatic N) is 2. The monoisotopic (exact) mass is 488 g/mol. The van der Waals surface area contributed by atoms with Crippen LogP contribution in [0.1, 0.15) is 71.8 Å². The molecule has 1 aliphatic carbocycles. The molecular weight excluding hydrogens is 448 g/mol. The van der Waals surface area contributed by atoms with Crippen molar-refractivity contribution in [2.24, 2.45) is 5.41 Å². The van der Waals surface area contributed by atoms with E-state index in [0.717, 1.165) is 48.2 Å². The van der Waals surface area contributed by atoms with E-state index in [-0.39, 0.29) is 18.0 Å². The fourth-order valence-electron chi connectivity index (χ4n) is 6.58. The van der Waals surface area contributed by atoms with Gasteiger partial charge in [-0.3, -0.25) is 9.59 Å². The minimum Gasteiger partial charge on any atom is -0.369 e. The Morgan fingerprint density at radius 2 is 1.89 bits per heavy atom. The second-order valence-electron chi connectivity index (χ2n) is 11.1. The lowest BCUT2D eigenvalue weighted by Gasteiger charge is -2.55. The number of fused-ring (bicyclic) bond motifs is 2. The van der Waals surface area contributed by atoms with Crippen molar-refractivity contribution in [3.8, 4) is 0 Å². The molecule has 192 valence electrons. The number of aromatic nitrogens is 1. The highest BCUT2D eigenvalue weighted by Crippen LogP contribution is 2.51. The Bertz CT molecular complexity index is 1200. The van der Waals surface area contributed by atoms with Crippen molar-refractivity contribution in [3.05, 3.63) is 74.7 Å². The summed E-state index contributed by atoms with van der Waals surface area (Å²) in [5.74, 6) is -0.108. The number of rotatable bonds is 3. The van der Waals surface area contributed by atoms with Crippen LogP contribution in [0, 0.1) is 12.3 Å². The van der Waals surface area contributed by atoms with Crippen LogP contribution in [0.25, 0.3) is 0 Å². The van der Waals surface area contributed by atoms with Gasteiger partial charge in [-0.05, 0) is 114 Å². The van der Waals surface area contributed by atoms with Gasteiger partial charge in [0.15, 0.2) is 0 Å². The van der Waals surface area contributed by atoms with Crippen molar-refractivity contribution in [2.45, 2.75) is 71.4 Å². The van der Waals surface area contributed by atoms with Gasteiger partial charge < -0.3 is 20.1 Å². The molecule has 2 aromatic rings. The summed E-state index contributed by atoms with van der Waals surface area (Å²) in [5, 5.41) is 3.06. The molecule has 2 fully saturated rings. The number of nitrogens with one attached hydrogen (secondary N) is 2. The number of likely N-dealkylation sites (tertiary alicyclic amines) is 1. The van der Waals surface area contributed by atoms with Gasteiger partial charge in [-0.2, -0.15) is 0 Å². The van der Waals surface area contributed by atoms with Gasteiger partial charge in [-0.15, -0.1) is 0 Å². The third-order valence-electron chi connectivity index (χ3n) is 8.73. The smallest absolute Gasteiger partial charge is 0.253 e. The van der Waals surface area contributed by atoms with Gasteiger partial charge in [-0.1, -0.05) is 18.2 Å². The number of piperidine rings is 1. The van der Waals surface area contributed by atoms with Crippen LogP contribution in [0.5, 0.6) is 0 Å². The SMILES string of the molecule is CCN(c1cccc2c1C/C=C\CCc1cc(C)[nH]c(=O)c1CNC2=O)C1CC2(CCN(C)CC2)C1. The molecule has 0 atom stereocenters. The molecule has 1 saturated heterocycles. The molecule has 2 N–H and O–H groups in total. The summed E-state index contributed by atoms with van der Waals surface area (Å²) in [4.78, 5) is 34.0. The van der Waals surface area contributed by atoms with E-state index in [1.165, 1.54) is 44.5 Å². The van der Waals surface area contributed by atoms with Crippen molar-refractivity contribution >= 4 is 11.6 Å². The number of pyridine rings is 1. The molecule has 1 saturated carbocycles. The number of hydrogen-bond donors (Lipinski definition) is 2. The summed E-state index contributed by atoms with van der Waals surface area (Å²) in [7, 11) is 2.23. The van der Waals surface area contributed by atoms with E-state index in [2.05, 4.69) is 52.3 Å². The molecule has 5 rings (SSSR count). The number of H-pyrrole nitrogens is 1. The van der Waals surface area contributed by atoms with Crippen LogP contribution in [0.2, 0.25) is 0 Å². The Morgan fingerprint density at radius 3 is 2.64 bits per heavy atom. The van der Waals surface area contributed by atoms with E-state index in [1.54, 1.807) is 0 Å². The number of amides is 1. The second kappa shape index (κ2) is 10.3. The van der Waals surface area contributed by atoms with Gasteiger partial charge in [0.1, 0.15) is 0 Å². The number of carbonyl (C=O) groups is 1. The maximum absolute atomic E-state index is 13.4. The second-order valence-corrected chi connectivity index (χ2v) is 11.1. The predicted molar refractivity (Wildman–Crippen MR) is 146 cm³/mol. The van der Waals surface area contributed by atoms with Crippen molar-refractivity contribution < 1.29 is 4.79 Å². The number of hydrogen-bond acceptors (Lipinski definition) is 4. The summed E-state index contributed by atoms with van der Waals surface area (Å²) in [6.07, 6.45) is 11.9. The van der Waals surface area contributed by atoms with E-state index in [4.69, 9.17) is 0 Å². The summed E-state index contributed by atoms with van der Waals surface area (Å²) in [5.41, 5.74) is 5.93. The highest BCUT2D eigenvalue weighted by atomic mass is 16.1. The molecule has 2 aliphatic heterocycles. The first kappa shape index (κ1) is 24.8. The molecule has 1 aromatic carbocycles. The Morgan fingerprint density at radius 1 is 1.11 bits per heavy atom. The minimum absolute atomic E-state index is 0.106. The lowest BCUT2D eigenvalue weighted by molar-refractivity contribution is 0.0236. The van der Waals surface area contributed by atoms with E-state index in [9.17, 15) is 9.59 Å². The Labute approximate surface area is 214 Å². The number of aryl methyl sites for hydroxylation is 2. The Kier molecular flexibility index (Phi) is 7.07. The molecule has 36 heavy (non-hydrogen) atoms.